The molecule has 1 aliphatic heterocycles. The highest BCUT2D eigenvalue weighted by atomic mass is 16.5. The zero-order valence-corrected chi connectivity index (χ0v) is 12.7. The second-order valence-corrected chi connectivity index (χ2v) is 5.15. The lowest BCUT2D eigenvalue weighted by atomic mass is 9.84. The third-order valence-electron chi connectivity index (χ3n) is 4.07. The number of carboxylic acid groups (broad SMARTS) is 1. The van der Waals surface area contributed by atoms with E-state index in [1.807, 2.05) is 30.1 Å². The average Bonchev–Trinajstić information content (AvgIpc) is 2.54. The van der Waals surface area contributed by atoms with Gasteiger partial charge in [-0.2, -0.15) is 0 Å². The number of aliphatic carboxylic acids is 1. The SMILES string of the molecule is COc1ccc2c(c1)N(C)c1cccc(OC)c1C2C(=O)O. The van der Waals surface area contributed by atoms with Crippen LogP contribution in [0.2, 0.25) is 0 Å². The fourth-order valence-electron chi connectivity index (χ4n) is 3.02. The monoisotopic (exact) mass is 299 g/mol. The molecule has 2 aromatic carbocycles. The quantitative estimate of drug-likeness (QED) is 0.944. The number of methoxy groups -OCH3 is 2. The fraction of sp³-hybridized carbons (Fsp3) is 0.235. The molecule has 0 fully saturated rings. The van der Waals surface area contributed by atoms with E-state index in [9.17, 15) is 9.90 Å². The molecular formula is C17H17NO4. The van der Waals surface area contributed by atoms with Crippen molar-refractivity contribution in [3.05, 3.63) is 47.5 Å². The summed E-state index contributed by atoms with van der Waals surface area (Å²) >= 11 is 0. The molecule has 1 heterocycles. The van der Waals surface area contributed by atoms with E-state index in [1.165, 1.54) is 0 Å². The second-order valence-electron chi connectivity index (χ2n) is 5.15. The van der Waals surface area contributed by atoms with E-state index in [2.05, 4.69) is 0 Å². The molecule has 22 heavy (non-hydrogen) atoms. The van der Waals surface area contributed by atoms with Gasteiger partial charge in [0.05, 0.1) is 14.2 Å². The Bertz CT molecular complexity index is 739. The van der Waals surface area contributed by atoms with Crippen molar-refractivity contribution in [2.45, 2.75) is 5.92 Å². The maximum Gasteiger partial charge on any atom is 0.315 e. The van der Waals surface area contributed by atoms with Crippen molar-refractivity contribution in [1.82, 2.24) is 0 Å². The first kappa shape index (κ1) is 14.3. The Labute approximate surface area is 128 Å². The summed E-state index contributed by atoms with van der Waals surface area (Å²) in [7, 11) is 5.06. The lowest BCUT2D eigenvalue weighted by Gasteiger charge is -2.34. The molecule has 5 heteroatoms. The van der Waals surface area contributed by atoms with Gasteiger partial charge in [0.1, 0.15) is 17.4 Å². The van der Waals surface area contributed by atoms with Gasteiger partial charge < -0.3 is 19.5 Å². The zero-order valence-electron chi connectivity index (χ0n) is 12.7. The summed E-state index contributed by atoms with van der Waals surface area (Å²) in [6.07, 6.45) is 0. The molecule has 0 amide bonds. The van der Waals surface area contributed by atoms with Crippen LogP contribution in [-0.2, 0) is 4.79 Å². The first-order valence-electron chi connectivity index (χ1n) is 6.89. The standard InChI is InChI=1S/C17H17NO4/c1-18-12-5-4-6-14(22-3)16(12)15(17(19)20)11-8-7-10(21-2)9-13(11)18/h4-9,15H,1-3H3,(H,19,20). The first-order chi connectivity index (χ1) is 10.6. The van der Waals surface area contributed by atoms with E-state index in [4.69, 9.17) is 9.47 Å². The number of fused-ring (bicyclic) bond motifs is 2. The molecule has 1 N–H and O–H groups in total. The third kappa shape index (κ3) is 1.97. The van der Waals surface area contributed by atoms with Crippen LogP contribution in [0.15, 0.2) is 36.4 Å². The van der Waals surface area contributed by atoms with Crippen molar-refractivity contribution in [3.63, 3.8) is 0 Å². The van der Waals surface area contributed by atoms with Crippen molar-refractivity contribution in [2.75, 3.05) is 26.2 Å². The summed E-state index contributed by atoms with van der Waals surface area (Å²) in [5.74, 6) is -0.382. The van der Waals surface area contributed by atoms with E-state index in [0.717, 1.165) is 16.9 Å². The molecule has 1 atom stereocenters. The minimum Gasteiger partial charge on any atom is -0.497 e. The number of carbonyl (C=O) groups is 1. The largest absolute Gasteiger partial charge is 0.497 e. The average molecular weight is 299 g/mol. The van der Waals surface area contributed by atoms with Gasteiger partial charge in [-0.25, -0.2) is 0 Å². The summed E-state index contributed by atoms with van der Waals surface area (Å²) in [6, 6.07) is 11.0. The molecular weight excluding hydrogens is 282 g/mol. The zero-order chi connectivity index (χ0) is 15.9. The van der Waals surface area contributed by atoms with Crippen molar-refractivity contribution >= 4 is 17.3 Å². The molecule has 0 aromatic heterocycles. The minimum absolute atomic E-state index is 0.582. The number of benzene rings is 2. The lowest BCUT2D eigenvalue weighted by molar-refractivity contribution is -0.137. The number of hydrogen-bond donors (Lipinski definition) is 1. The number of anilines is 2. The van der Waals surface area contributed by atoms with Crippen LogP contribution in [0, 0.1) is 0 Å². The van der Waals surface area contributed by atoms with Crippen LogP contribution in [0.3, 0.4) is 0 Å². The van der Waals surface area contributed by atoms with Gasteiger partial charge in [0.25, 0.3) is 0 Å². The fourth-order valence-corrected chi connectivity index (χ4v) is 3.02. The van der Waals surface area contributed by atoms with Crippen LogP contribution < -0.4 is 14.4 Å². The summed E-state index contributed by atoms with van der Waals surface area (Å²) in [6.45, 7) is 0. The topological polar surface area (TPSA) is 59.0 Å². The van der Waals surface area contributed by atoms with E-state index in [-0.39, 0.29) is 0 Å². The van der Waals surface area contributed by atoms with Crippen LogP contribution in [0.5, 0.6) is 11.5 Å². The van der Waals surface area contributed by atoms with Crippen LogP contribution in [0.25, 0.3) is 0 Å². The summed E-state index contributed by atoms with van der Waals surface area (Å²) in [5.41, 5.74) is 3.06. The van der Waals surface area contributed by atoms with Crippen molar-refractivity contribution in [1.29, 1.82) is 0 Å². The van der Waals surface area contributed by atoms with Crippen molar-refractivity contribution < 1.29 is 19.4 Å². The van der Waals surface area contributed by atoms with Gasteiger partial charge in [0.15, 0.2) is 0 Å². The molecule has 0 aliphatic carbocycles. The maximum atomic E-state index is 11.9. The van der Waals surface area contributed by atoms with Gasteiger partial charge in [0.2, 0.25) is 0 Å². The normalized spacial score (nSPS) is 15.8. The Morgan fingerprint density at radius 3 is 2.55 bits per heavy atom. The Morgan fingerprint density at radius 1 is 1.14 bits per heavy atom. The molecule has 3 rings (SSSR count). The summed E-state index contributed by atoms with van der Waals surface area (Å²) in [5, 5.41) is 9.76. The van der Waals surface area contributed by atoms with Gasteiger partial charge in [-0.1, -0.05) is 12.1 Å². The Balaban J connectivity index is 2.30. The van der Waals surface area contributed by atoms with E-state index in [0.29, 0.717) is 17.1 Å². The molecule has 0 bridgehead atoms. The molecule has 5 nitrogen and oxygen atoms in total. The summed E-state index contributed by atoms with van der Waals surface area (Å²) < 4.78 is 10.6. The Hall–Kier alpha value is -2.69. The first-order valence-corrected chi connectivity index (χ1v) is 6.89. The number of rotatable bonds is 3. The predicted octanol–water partition coefficient (Wildman–Crippen LogP) is 3.00. The molecule has 0 radical (unpaired) electrons. The van der Waals surface area contributed by atoms with Gasteiger partial charge >= 0.3 is 5.97 Å². The molecule has 114 valence electrons. The molecule has 2 aromatic rings. The van der Waals surface area contributed by atoms with E-state index < -0.39 is 11.9 Å². The Morgan fingerprint density at radius 2 is 1.91 bits per heavy atom. The van der Waals surface area contributed by atoms with Crippen LogP contribution in [-0.4, -0.2) is 32.3 Å². The number of nitrogens with zero attached hydrogens (tertiary/aromatic N) is 1. The van der Waals surface area contributed by atoms with Gasteiger partial charge in [0, 0.05) is 30.1 Å². The number of ether oxygens (including phenoxy) is 2. The maximum absolute atomic E-state index is 11.9. The van der Waals surface area contributed by atoms with Crippen LogP contribution in [0.4, 0.5) is 11.4 Å². The highest BCUT2D eigenvalue weighted by Gasteiger charge is 2.36. The second kappa shape index (κ2) is 5.26. The molecule has 0 saturated heterocycles. The smallest absolute Gasteiger partial charge is 0.315 e. The Kier molecular flexibility index (Phi) is 3.41. The van der Waals surface area contributed by atoms with Gasteiger partial charge in [-0.3, -0.25) is 4.79 Å². The molecule has 0 saturated carbocycles. The number of hydrogen-bond acceptors (Lipinski definition) is 4. The highest BCUT2D eigenvalue weighted by molar-refractivity contribution is 5.92. The van der Waals surface area contributed by atoms with Crippen molar-refractivity contribution in [3.8, 4) is 11.5 Å². The van der Waals surface area contributed by atoms with Gasteiger partial charge in [-0.15, -0.1) is 0 Å². The van der Waals surface area contributed by atoms with Crippen LogP contribution in [0.1, 0.15) is 17.0 Å². The molecule has 1 unspecified atom stereocenters. The highest BCUT2D eigenvalue weighted by Crippen LogP contribution is 2.49. The molecule has 0 spiro atoms. The van der Waals surface area contributed by atoms with E-state index >= 15 is 0 Å². The number of carboxylic acids is 1. The predicted molar refractivity (Wildman–Crippen MR) is 83.5 cm³/mol. The van der Waals surface area contributed by atoms with Crippen LogP contribution >= 0.6 is 0 Å². The molecule has 1 aliphatic rings. The van der Waals surface area contributed by atoms with E-state index in [1.54, 1.807) is 32.4 Å². The van der Waals surface area contributed by atoms with Crippen molar-refractivity contribution in [2.24, 2.45) is 0 Å². The minimum atomic E-state index is -0.898. The van der Waals surface area contributed by atoms with Gasteiger partial charge in [-0.05, 0) is 23.8 Å². The summed E-state index contributed by atoms with van der Waals surface area (Å²) in [4.78, 5) is 13.9. The lowest BCUT2D eigenvalue weighted by Crippen LogP contribution is -2.26. The third-order valence-corrected chi connectivity index (χ3v) is 4.07.